The van der Waals surface area contributed by atoms with E-state index in [2.05, 4.69) is 16.8 Å². The molecule has 3 fully saturated rings. The van der Waals surface area contributed by atoms with E-state index in [4.69, 9.17) is 0 Å². The van der Waals surface area contributed by atoms with Crippen molar-refractivity contribution in [3.05, 3.63) is 71.8 Å². The number of hydrogen-bond donors (Lipinski definition) is 0. The zero-order valence-corrected chi connectivity index (χ0v) is 26.0. The highest BCUT2D eigenvalue weighted by Crippen LogP contribution is 2.31. The number of nitrogens with zero attached hydrogens (tertiary/aromatic N) is 4. The molecule has 41 heavy (non-hydrogen) atoms. The van der Waals surface area contributed by atoms with Crippen LogP contribution in [-0.4, -0.2) is 112 Å². The van der Waals surface area contributed by atoms with Crippen LogP contribution in [0.5, 0.6) is 0 Å². The molecule has 1 atom stereocenters. The number of sulfonamides is 2. The number of hydrogen-bond acceptors (Lipinski definition) is 6. The van der Waals surface area contributed by atoms with Gasteiger partial charge in [-0.3, -0.25) is 4.90 Å². The summed E-state index contributed by atoms with van der Waals surface area (Å²) in [5.41, 5.74) is 1.97. The van der Waals surface area contributed by atoms with E-state index in [1.165, 1.54) is 0 Å². The largest absolute Gasteiger partial charge is 0.306 e. The summed E-state index contributed by atoms with van der Waals surface area (Å²) in [5.74, 6) is -0.156. The lowest BCUT2D eigenvalue weighted by Crippen LogP contribution is -2.54. The fourth-order valence-corrected chi connectivity index (χ4v) is 10.4. The quantitative estimate of drug-likeness (QED) is 0.392. The van der Waals surface area contributed by atoms with Gasteiger partial charge in [-0.05, 0) is 69.8 Å². The summed E-state index contributed by atoms with van der Waals surface area (Å²) in [6.45, 7) is 5.43. The SMILES string of the molecule is CN1CCC(N2CCN(S(=O)(=O)CCC[C@@H]3CCCN3S(=O)(=O)CC(c3ccccc3)c3ccccc3)CC2)CC1. The summed E-state index contributed by atoms with van der Waals surface area (Å²) in [6.07, 6.45) is 4.97. The number of piperidine rings is 1. The maximum Gasteiger partial charge on any atom is 0.215 e. The molecular formula is C31H46N4O4S2. The van der Waals surface area contributed by atoms with Gasteiger partial charge >= 0.3 is 0 Å². The number of benzene rings is 2. The summed E-state index contributed by atoms with van der Waals surface area (Å²) in [5, 5.41) is 0. The Labute approximate surface area is 247 Å². The van der Waals surface area contributed by atoms with Gasteiger partial charge in [0.2, 0.25) is 20.0 Å². The molecule has 3 aliphatic rings. The molecule has 3 heterocycles. The molecule has 0 aromatic heterocycles. The molecule has 0 N–H and O–H groups in total. The Balaban J connectivity index is 1.15. The minimum Gasteiger partial charge on any atom is -0.306 e. The third-order valence-electron chi connectivity index (χ3n) is 9.27. The van der Waals surface area contributed by atoms with E-state index in [0.717, 1.165) is 63.0 Å². The molecule has 3 saturated heterocycles. The van der Waals surface area contributed by atoms with Crippen LogP contribution in [0.3, 0.4) is 0 Å². The third-order valence-corrected chi connectivity index (χ3v) is 13.2. The molecule has 0 spiro atoms. The minimum atomic E-state index is -3.55. The van der Waals surface area contributed by atoms with Crippen molar-refractivity contribution in [2.24, 2.45) is 0 Å². The zero-order valence-electron chi connectivity index (χ0n) is 24.4. The van der Waals surface area contributed by atoms with Crippen molar-refractivity contribution >= 4 is 20.0 Å². The Morgan fingerprint density at radius 1 is 0.732 bits per heavy atom. The van der Waals surface area contributed by atoms with Crippen LogP contribution >= 0.6 is 0 Å². The van der Waals surface area contributed by atoms with Crippen molar-refractivity contribution in [1.82, 2.24) is 18.4 Å². The van der Waals surface area contributed by atoms with Crippen molar-refractivity contribution < 1.29 is 16.8 Å². The monoisotopic (exact) mass is 602 g/mol. The third kappa shape index (κ3) is 7.77. The standard InChI is InChI=1S/C31H46N4O4S2/c1-32-19-16-29(17-20-32)33-21-23-34(24-22-33)40(36,37)25-9-15-30-14-8-18-35(30)41(38,39)26-31(27-10-4-2-5-11-27)28-12-6-3-7-13-28/h2-7,10-13,29-31H,8-9,14-26H2,1H3/t30-/m0/s1. The molecule has 5 rings (SSSR count). The average molecular weight is 603 g/mol. The summed E-state index contributed by atoms with van der Waals surface area (Å²) < 4.78 is 57.3. The second kappa shape index (κ2) is 13.7. The molecule has 0 aliphatic carbocycles. The van der Waals surface area contributed by atoms with Gasteiger partial charge in [0.05, 0.1) is 11.5 Å². The van der Waals surface area contributed by atoms with E-state index >= 15 is 0 Å². The molecule has 0 bridgehead atoms. The first-order chi connectivity index (χ1) is 19.7. The van der Waals surface area contributed by atoms with Crippen molar-refractivity contribution in [2.45, 2.75) is 56.5 Å². The van der Waals surface area contributed by atoms with Crippen molar-refractivity contribution in [2.75, 3.05) is 64.4 Å². The minimum absolute atomic E-state index is 0.0113. The second-order valence-electron chi connectivity index (χ2n) is 12.0. The number of piperazine rings is 1. The molecule has 0 radical (unpaired) electrons. The predicted octanol–water partition coefficient (Wildman–Crippen LogP) is 3.43. The Morgan fingerprint density at radius 3 is 1.90 bits per heavy atom. The van der Waals surface area contributed by atoms with E-state index < -0.39 is 20.0 Å². The van der Waals surface area contributed by atoms with Crippen LogP contribution in [0.4, 0.5) is 0 Å². The Bertz CT molecular complexity index is 1270. The van der Waals surface area contributed by atoms with Crippen LogP contribution in [0.1, 0.15) is 55.6 Å². The van der Waals surface area contributed by atoms with Crippen molar-refractivity contribution in [3.63, 3.8) is 0 Å². The van der Waals surface area contributed by atoms with Gasteiger partial charge in [-0.25, -0.2) is 16.8 Å². The molecule has 0 unspecified atom stereocenters. The zero-order chi connectivity index (χ0) is 28.9. The molecule has 10 heteroatoms. The van der Waals surface area contributed by atoms with Gasteiger partial charge in [0.25, 0.3) is 0 Å². The van der Waals surface area contributed by atoms with E-state index in [1.54, 1.807) is 8.61 Å². The van der Waals surface area contributed by atoms with Gasteiger partial charge in [0, 0.05) is 50.7 Å². The van der Waals surface area contributed by atoms with Crippen LogP contribution in [0.15, 0.2) is 60.7 Å². The van der Waals surface area contributed by atoms with Crippen LogP contribution in [0.25, 0.3) is 0 Å². The first-order valence-electron chi connectivity index (χ1n) is 15.2. The number of rotatable bonds is 11. The van der Waals surface area contributed by atoms with Gasteiger partial charge in [0.15, 0.2) is 0 Å². The van der Waals surface area contributed by atoms with E-state index in [0.29, 0.717) is 38.5 Å². The van der Waals surface area contributed by atoms with Crippen LogP contribution in [0, 0.1) is 0 Å². The predicted molar refractivity (Wildman–Crippen MR) is 165 cm³/mol. The summed E-state index contributed by atoms with van der Waals surface area (Å²) in [6, 6.07) is 20.1. The molecule has 3 aliphatic heterocycles. The second-order valence-corrected chi connectivity index (χ2v) is 16.0. The van der Waals surface area contributed by atoms with Gasteiger partial charge in [-0.15, -0.1) is 0 Å². The normalized spacial score (nSPS) is 22.9. The topological polar surface area (TPSA) is 81.2 Å². The van der Waals surface area contributed by atoms with Gasteiger partial charge < -0.3 is 4.90 Å². The maximum absolute atomic E-state index is 13.8. The molecule has 2 aromatic rings. The van der Waals surface area contributed by atoms with Crippen LogP contribution in [-0.2, 0) is 20.0 Å². The Hall–Kier alpha value is -1.82. The molecule has 8 nitrogen and oxygen atoms in total. The van der Waals surface area contributed by atoms with Crippen LogP contribution in [0.2, 0.25) is 0 Å². The highest BCUT2D eigenvalue weighted by molar-refractivity contribution is 7.89. The first kappa shape index (κ1) is 30.6. The molecule has 2 aromatic carbocycles. The summed E-state index contributed by atoms with van der Waals surface area (Å²) in [4.78, 5) is 4.83. The first-order valence-corrected chi connectivity index (χ1v) is 18.4. The highest BCUT2D eigenvalue weighted by atomic mass is 32.2. The van der Waals surface area contributed by atoms with Crippen LogP contribution < -0.4 is 0 Å². The lowest BCUT2D eigenvalue weighted by molar-refractivity contribution is 0.0892. The molecular weight excluding hydrogens is 556 g/mol. The fourth-order valence-electron chi connectivity index (χ4n) is 6.86. The Morgan fingerprint density at radius 2 is 1.32 bits per heavy atom. The highest BCUT2D eigenvalue weighted by Gasteiger charge is 2.37. The van der Waals surface area contributed by atoms with Crippen molar-refractivity contribution in [1.29, 1.82) is 0 Å². The lowest BCUT2D eigenvalue weighted by Gasteiger charge is -2.41. The van der Waals surface area contributed by atoms with Gasteiger partial charge in [0.1, 0.15) is 0 Å². The van der Waals surface area contributed by atoms with E-state index in [-0.39, 0.29) is 23.5 Å². The van der Waals surface area contributed by atoms with Gasteiger partial charge in [-0.2, -0.15) is 8.61 Å². The molecule has 0 saturated carbocycles. The maximum atomic E-state index is 13.8. The lowest BCUT2D eigenvalue weighted by atomic mass is 9.93. The average Bonchev–Trinajstić information content (AvgIpc) is 3.47. The smallest absolute Gasteiger partial charge is 0.215 e. The van der Waals surface area contributed by atoms with Crippen molar-refractivity contribution in [3.8, 4) is 0 Å². The Kier molecular flexibility index (Phi) is 10.2. The summed E-state index contributed by atoms with van der Waals surface area (Å²) in [7, 11) is -4.74. The van der Waals surface area contributed by atoms with E-state index in [1.807, 2.05) is 60.7 Å². The number of likely N-dealkylation sites (tertiary alicyclic amines) is 1. The fraction of sp³-hybridized carbons (Fsp3) is 0.613. The molecule has 0 amide bonds. The van der Waals surface area contributed by atoms with Gasteiger partial charge in [-0.1, -0.05) is 60.7 Å². The van der Waals surface area contributed by atoms with E-state index in [9.17, 15) is 16.8 Å². The molecule has 226 valence electrons. The summed E-state index contributed by atoms with van der Waals surface area (Å²) >= 11 is 0.